The molecule has 0 aliphatic heterocycles. The monoisotopic (exact) mass is 334 g/mol. The van der Waals surface area contributed by atoms with Crippen LogP contribution in [0.25, 0.3) is 0 Å². The highest BCUT2D eigenvalue weighted by atomic mass is 35.5. The quantitative estimate of drug-likeness (QED) is 0.711. The number of carbonyl (C=O) groups excluding carboxylic acids is 1. The predicted molar refractivity (Wildman–Crippen MR) is 92.0 cm³/mol. The van der Waals surface area contributed by atoms with Crippen molar-refractivity contribution < 1.29 is 9.90 Å². The number of aliphatic hydroxyl groups is 1. The lowest BCUT2D eigenvalue weighted by atomic mass is 9.48. The van der Waals surface area contributed by atoms with Crippen LogP contribution in [0.4, 0.5) is 0 Å². The number of allylic oxidation sites excluding steroid dienone is 3. The largest absolute Gasteiger partial charge is 0.392 e. The van der Waals surface area contributed by atoms with Crippen LogP contribution in [0.1, 0.15) is 58.3 Å². The van der Waals surface area contributed by atoms with Crippen LogP contribution in [0.2, 0.25) is 0 Å². The summed E-state index contributed by atoms with van der Waals surface area (Å²) in [5, 5.41) is 11.3. The van der Waals surface area contributed by atoms with E-state index in [1.165, 1.54) is 12.0 Å². The molecule has 1 N–H and O–H groups in total. The topological polar surface area (TPSA) is 37.3 Å². The molecule has 2 nitrogen and oxygen atoms in total. The Balaban J connectivity index is 1.69. The minimum atomic E-state index is -0.183. The van der Waals surface area contributed by atoms with Gasteiger partial charge in [-0.25, -0.2) is 0 Å². The van der Waals surface area contributed by atoms with Gasteiger partial charge in [-0.3, -0.25) is 4.79 Å². The van der Waals surface area contributed by atoms with Crippen LogP contribution in [-0.2, 0) is 4.79 Å². The lowest BCUT2D eigenvalue weighted by Gasteiger charge is -2.57. The predicted octanol–water partition coefficient (Wildman–Crippen LogP) is 4.61. The van der Waals surface area contributed by atoms with E-state index < -0.39 is 0 Å². The average molecular weight is 335 g/mol. The smallest absolute Gasteiger partial charge is 0.174 e. The molecule has 126 valence electrons. The Morgan fingerprint density at radius 2 is 2.09 bits per heavy atom. The molecular formula is C20H27ClO2. The Bertz CT molecular complexity index is 578. The molecule has 0 bridgehead atoms. The van der Waals surface area contributed by atoms with Gasteiger partial charge >= 0.3 is 0 Å². The fourth-order valence-electron chi connectivity index (χ4n) is 6.36. The Kier molecular flexibility index (Phi) is 3.97. The lowest BCUT2D eigenvalue weighted by molar-refractivity contribution is -0.117. The van der Waals surface area contributed by atoms with Crippen LogP contribution in [0.3, 0.4) is 0 Å². The maximum atomic E-state index is 11.9. The van der Waals surface area contributed by atoms with Crippen molar-refractivity contribution in [3.8, 4) is 0 Å². The first-order valence-corrected chi connectivity index (χ1v) is 9.72. The standard InChI is InChI=1S/C20H27ClO2/c1-2-20-11-10-13-12-8-9-17(22)19(21)15(12)7-6-14(13)16(20)4-3-5-18(20)23/h3-4,12-14,16,18,23H,2,5-11H2,1H3/t12-,13-,14-,16+,18+,20+/m1/s1. The molecule has 0 spiro atoms. The number of fused-ring (bicyclic) bond motifs is 5. The summed E-state index contributed by atoms with van der Waals surface area (Å²) in [6, 6.07) is 0. The van der Waals surface area contributed by atoms with Gasteiger partial charge in [0.1, 0.15) is 0 Å². The SMILES string of the molecule is CC[C@]12CC[C@H]3[C@@H](CCC4=C(Cl)C(=O)CC[C@@H]43)[C@@H]1C=CC[C@@H]2O. The molecule has 3 heteroatoms. The van der Waals surface area contributed by atoms with E-state index in [9.17, 15) is 9.90 Å². The Labute approximate surface area is 144 Å². The number of aliphatic hydroxyl groups excluding tert-OH is 1. The number of halogens is 1. The van der Waals surface area contributed by atoms with Gasteiger partial charge in [-0.15, -0.1) is 0 Å². The number of hydrogen-bond acceptors (Lipinski definition) is 2. The molecule has 0 saturated heterocycles. The molecule has 0 aromatic carbocycles. The van der Waals surface area contributed by atoms with E-state index in [4.69, 9.17) is 11.6 Å². The van der Waals surface area contributed by atoms with Crippen LogP contribution in [0.15, 0.2) is 22.8 Å². The van der Waals surface area contributed by atoms with Crippen LogP contribution < -0.4 is 0 Å². The Morgan fingerprint density at radius 1 is 1.26 bits per heavy atom. The molecule has 6 atom stereocenters. The third kappa shape index (κ3) is 2.21. The van der Waals surface area contributed by atoms with E-state index in [2.05, 4.69) is 19.1 Å². The maximum absolute atomic E-state index is 11.9. The minimum absolute atomic E-state index is 0.0887. The normalized spacial score (nSPS) is 46.2. The molecule has 4 rings (SSSR count). The second-order valence-electron chi connectivity index (χ2n) is 8.10. The summed E-state index contributed by atoms with van der Waals surface area (Å²) in [6.07, 6.45) is 12.4. The highest BCUT2D eigenvalue weighted by Gasteiger charge is 2.54. The first-order valence-electron chi connectivity index (χ1n) is 9.35. The number of ketones is 1. The minimum Gasteiger partial charge on any atom is -0.392 e. The molecule has 2 saturated carbocycles. The lowest BCUT2D eigenvalue weighted by Crippen LogP contribution is -2.53. The van der Waals surface area contributed by atoms with E-state index in [0.29, 0.717) is 35.1 Å². The number of Topliss-reactive ketones (excluding diaryl/α,β-unsaturated/α-hetero) is 1. The maximum Gasteiger partial charge on any atom is 0.174 e. The van der Waals surface area contributed by atoms with Gasteiger partial charge in [0.2, 0.25) is 0 Å². The van der Waals surface area contributed by atoms with Crippen molar-refractivity contribution in [2.24, 2.45) is 29.1 Å². The van der Waals surface area contributed by atoms with Gasteiger partial charge in [0.05, 0.1) is 11.1 Å². The summed E-state index contributed by atoms with van der Waals surface area (Å²) >= 11 is 6.36. The van der Waals surface area contributed by atoms with Gasteiger partial charge in [0.25, 0.3) is 0 Å². The first kappa shape index (κ1) is 15.9. The molecule has 0 heterocycles. The van der Waals surface area contributed by atoms with Crippen LogP contribution in [-0.4, -0.2) is 17.0 Å². The zero-order valence-corrected chi connectivity index (χ0v) is 14.7. The average Bonchev–Trinajstić information content (AvgIpc) is 2.58. The second kappa shape index (κ2) is 5.74. The van der Waals surface area contributed by atoms with E-state index in [0.717, 1.165) is 38.5 Å². The van der Waals surface area contributed by atoms with Crippen molar-refractivity contribution >= 4 is 17.4 Å². The summed E-state index contributed by atoms with van der Waals surface area (Å²) in [4.78, 5) is 11.9. The molecular weight excluding hydrogens is 308 g/mol. The van der Waals surface area contributed by atoms with Crippen LogP contribution >= 0.6 is 11.6 Å². The molecule has 0 radical (unpaired) electrons. The van der Waals surface area contributed by atoms with E-state index in [1.807, 2.05) is 0 Å². The van der Waals surface area contributed by atoms with Gasteiger partial charge in [-0.2, -0.15) is 0 Å². The van der Waals surface area contributed by atoms with Crippen molar-refractivity contribution in [2.75, 3.05) is 0 Å². The number of carbonyl (C=O) groups is 1. The molecule has 0 aromatic rings. The second-order valence-corrected chi connectivity index (χ2v) is 8.48. The van der Waals surface area contributed by atoms with Gasteiger partial charge in [0.15, 0.2) is 5.78 Å². The van der Waals surface area contributed by atoms with Crippen molar-refractivity contribution in [3.63, 3.8) is 0 Å². The molecule has 0 amide bonds. The molecule has 4 aliphatic carbocycles. The molecule has 4 aliphatic rings. The summed E-state index contributed by atoms with van der Waals surface area (Å²) in [6.45, 7) is 2.25. The van der Waals surface area contributed by atoms with Crippen LogP contribution in [0, 0.1) is 29.1 Å². The molecule has 23 heavy (non-hydrogen) atoms. The highest BCUT2D eigenvalue weighted by Crippen LogP contribution is 2.61. The Morgan fingerprint density at radius 3 is 2.87 bits per heavy atom. The first-order chi connectivity index (χ1) is 11.1. The summed E-state index contributed by atoms with van der Waals surface area (Å²) in [5.41, 5.74) is 1.35. The van der Waals surface area contributed by atoms with E-state index >= 15 is 0 Å². The fourth-order valence-corrected chi connectivity index (χ4v) is 6.69. The van der Waals surface area contributed by atoms with E-state index in [1.54, 1.807) is 0 Å². The molecule has 0 unspecified atom stereocenters. The molecule has 2 fully saturated rings. The zero-order chi connectivity index (χ0) is 16.2. The number of hydrogen-bond donors (Lipinski definition) is 1. The van der Waals surface area contributed by atoms with Crippen LogP contribution in [0.5, 0.6) is 0 Å². The van der Waals surface area contributed by atoms with Gasteiger partial charge in [-0.1, -0.05) is 30.7 Å². The molecule has 0 aromatic heterocycles. The summed E-state index contributed by atoms with van der Waals surface area (Å²) in [5.74, 6) is 2.49. The van der Waals surface area contributed by atoms with Gasteiger partial charge in [-0.05, 0) is 74.2 Å². The highest BCUT2D eigenvalue weighted by molar-refractivity contribution is 6.43. The van der Waals surface area contributed by atoms with E-state index in [-0.39, 0.29) is 17.3 Å². The van der Waals surface area contributed by atoms with Crippen molar-refractivity contribution in [2.45, 2.75) is 64.4 Å². The summed E-state index contributed by atoms with van der Waals surface area (Å²) < 4.78 is 0. The van der Waals surface area contributed by atoms with Crippen molar-refractivity contribution in [1.82, 2.24) is 0 Å². The third-order valence-corrected chi connectivity index (χ3v) is 8.02. The number of rotatable bonds is 1. The fraction of sp³-hybridized carbons (Fsp3) is 0.750. The Hall–Kier alpha value is -0.600. The van der Waals surface area contributed by atoms with Gasteiger partial charge < -0.3 is 5.11 Å². The van der Waals surface area contributed by atoms with Crippen molar-refractivity contribution in [1.29, 1.82) is 0 Å². The summed E-state index contributed by atoms with van der Waals surface area (Å²) in [7, 11) is 0. The zero-order valence-electron chi connectivity index (χ0n) is 13.9. The van der Waals surface area contributed by atoms with Gasteiger partial charge in [0, 0.05) is 11.8 Å². The third-order valence-electron chi connectivity index (χ3n) is 7.56. The van der Waals surface area contributed by atoms with Crippen molar-refractivity contribution in [3.05, 3.63) is 22.8 Å².